The van der Waals surface area contributed by atoms with Crippen molar-refractivity contribution < 1.29 is 9.59 Å². The molecule has 25 heavy (non-hydrogen) atoms. The second kappa shape index (κ2) is 6.60. The number of hydrogen-bond donors (Lipinski definition) is 0. The van der Waals surface area contributed by atoms with Crippen LogP contribution in [-0.2, 0) is 9.59 Å². The van der Waals surface area contributed by atoms with Crippen molar-refractivity contribution in [3.05, 3.63) is 23.3 Å². The van der Waals surface area contributed by atoms with Gasteiger partial charge in [0.1, 0.15) is 5.78 Å². The number of carbonyl (C=O) groups is 2. The molecule has 0 heterocycles. The Morgan fingerprint density at radius 3 is 2.84 bits per heavy atom. The van der Waals surface area contributed by atoms with Gasteiger partial charge in [-0.1, -0.05) is 45.7 Å². The van der Waals surface area contributed by atoms with Crippen molar-refractivity contribution in [3.8, 4) is 0 Å². The summed E-state index contributed by atoms with van der Waals surface area (Å²) in [7, 11) is 3.77. The summed E-state index contributed by atoms with van der Waals surface area (Å²) >= 11 is 0. The summed E-state index contributed by atoms with van der Waals surface area (Å²) in [6, 6.07) is 0. The standard InChI is InChI=1S/C21H28O2S2/c1-20-9-8-18-16(17(20)5-6-19(20)23)4-3-14-13-15(22)7-10-21(14,18)11-12-25-24-2/h8,13,16-17H,3-7,9-12H2,1-2H3/t16?,17?,20-,21+/m0/s1. The molecule has 4 aliphatic carbocycles. The molecule has 0 saturated heterocycles. The van der Waals surface area contributed by atoms with Crippen LogP contribution in [0.4, 0.5) is 0 Å². The van der Waals surface area contributed by atoms with Crippen molar-refractivity contribution in [1.29, 1.82) is 0 Å². The maximum absolute atomic E-state index is 12.5. The maximum atomic E-state index is 12.5. The largest absolute Gasteiger partial charge is 0.299 e. The van der Waals surface area contributed by atoms with Crippen LogP contribution < -0.4 is 0 Å². The molecular weight excluding hydrogens is 348 g/mol. The molecule has 4 rings (SSSR count). The van der Waals surface area contributed by atoms with E-state index in [0.29, 0.717) is 29.8 Å². The van der Waals surface area contributed by atoms with Gasteiger partial charge in [-0.25, -0.2) is 0 Å². The topological polar surface area (TPSA) is 34.1 Å². The fraction of sp³-hybridized carbons (Fsp3) is 0.714. The Bertz CT molecular complexity index is 665. The molecule has 0 radical (unpaired) electrons. The summed E-state index contributed by atoms with van der Waals surface area (Å²) in [4.78, 5) is 24.6. The third-order valence-corrected chi connectivity index (χ3v) is 9.34. The van der Waals surface area contributed by atoms with E-state index in [-0.39, 0.29) is 10.8 Å². The first kappa shape index (κ1) is 17.9. The van der Waals surface area contributed by atoms with Crippen LogP contribution in [0.3, 0.4) is 0 Å². The average molecular weight is 377 g/mol. The summed E-state index contributed by atoms with van der Waals surface area (Å²) in [5.41, 5.74) is 3.01. The molecule has 136 valence electrons. The van der Waals surface area contributed by atoms with E-state index in [1.807, 2.05) is 27.7 Å². The number of carbonyl (C=O) groups excluding carboxylic acids is 2. The molecule has 4 atom stereocenters. The van der Waals surface area contributed by atoms with Gasteiger partial charge in [0, 0.05) is 29.4 Å². The Hall–Kier alpha value is -0.480. The van der Waals surface area contributed by atoms with Gasteiger partial charge in [0.05, 0.1) is 0 Å². The van der Waals surface area contributed by atoms with Gasteiger partial charge >= 0.3 is 0 Å². The third-order valence-electron chi connectivity index (χ3n) is 7.52. The summed E-state index contributed by atoms with van der Waals surface area (Å²) in [5.74, 6) is 3.04. The summed E-state index contributed by atoms with van der Waals surface area (Å²) in [6.07, 6.45) is 14.4. The minimum atomic E-state index is -0.116. The van der Waals surface area contributed by atoms with E-state index in [1.54, 1.807) is 5.57 Å². The zero-order valence-electron chi connectivity index (χ0n) is 15.3. The second-order valence-corrected chi connectivity index (χ2v) is 11.1. The molecule has 0 amide bonds. The minimum absolute atomic E-state index is 0.116. The van der Waals surface area contributed by atoms with Crippen LogP contribution in [0.5, 0.6) is 0 Å². The number of rotatable bonds is 4. The number of allylic oxidation sites excluding steroid dienone is 4. The van der Waals surface area contributed by atoms with Gasteiger partial charge in [-0.2, -0.15) is 0 Å². The fourth-order valence-corrected chi connectivity index (χ4v) is 7.54. The number of fused-ring (bicyclic) bond motifs is 5. The molecule has 2 saturated carbocycles. The molecule has 4 heteroatoms. The van der Waals surface area contributed by atoms with Crippen molar-refractivity contribution in [2.75, 3.05) is 12.0 Å². The summed E-state index contributed by atoms with van der Waals surface area (Å²) in [5, 5.41) is 0. The Morgan fingerprint density at radius 2 is 2.04 bits per heavy atom. The Labute approximate surface area is 159 Å². The van der Waals surface area contributed by atoms with E-state index < -0.39 is 0 Å². The van der Waals surface area contributed by atoms with Gasteiger partial charge in [0.15, 0.2) is 5.78 Å². The van der Waals surface area contributed by atoms with Gasteiger partial charge in [-0.3, -0.25) is 9.59 Å². The highest BCUT2D eigenvalue weighted by atomic mass is 33.1. The first-order chi connectivity index (χ1) is 12.0. The Kier molecular flexibility index (Phi) is 4.73. The van der Waals surface area contributed by atoms with Crippen molar-refractivity contribution in [1.82, 2.24) is 0 Å². The van der Waals surface area contributed by atoms with Gasteiger partial charge in [-0.15, -0.1) is 0 Å². The molecule has 0 aromatic heterocycles. The highest BCUT2D eigenvalue weighted by Crippen LogP contribution is 2.63. The van der Waals surface area contributed by atoms with Gasteiger partial charge < -0.3 is 0 Å². The van der Waals surface area contributed by atoms with Crippen molar-refractivity contribution in [3.63, 3.8) is 0 Å². The van der Waals surface area contributed by atoms with Gasteiger partial charge in [0.2, 0.25) is 0 Å². The molecule has 2 fully saturated rings. The predicted molar refractivity (Wildman–Crippen MR) is 107 cm³/mol. The molecule has 2 nitrogen and oxygen atoms in total. The molecule has 0 N–H and O–H groups in total. The molecule has 0 aromatic carbocycles. The Balaban J connectivity index is 1.73. The van der Waals surface area contributed by atoms with Gasteiger partial charge in [-0.05, 0) is 62.7 Å². The lowest BCUT2D eigenvalue weighted by Gasteiger charge is -2.53. The number of hydrogen-bond acceptors (Lipinski definition) is 4. The predicted octanol–water partition coefficient (Wildman–Crippen LogP) is 5.39. The molecular formula is C21H28O2S2. The average Bonchev–Trinajstić information content (AvgIpc) is 2.91. The van der Waals surface area contributed by atoms with Crippen molar-refractivity contribution >= 4 is 33.2 Å². The van der Waals surface area contributed by atoms with Crippen LogP contribution in [-0.4, -0.2) is 23.6 Å². The van der Waals surface area contributed by atoms with Crippen LogP contribution in [0.15, 0.2) is 23.3 Å². The quantitative estimate of drug-likeness (QED) is 0.374. The first-order valence-electron chi connectivity index (χ1n) is 9.64. The van der Waals surface area contributed by atoms with E-state index in [2.05, 4.69) is 19.3 Å². The van der Waals surface area contributed by atoms with E-state index in [9.17, 15) is 9.59 Å². The van der Waals surface area contributed by atoms with Crippen molar-refractivity contribution in [2.45, 2.75) is 58.3 Å². The third kappa shape index (κ3) is 2.70. The molecule has 0 spiro atoms. The van der Waals surface area contributed by atoms with E-state index in [0.717, 1.165) is 50.7 Å². The zero-order chi connectivity index (χ0) is 17.7. The molecule has 0 aliphatic heterocycles. The lowest BCUT2D eigenvalue weighted by molar-refractivity contribution is -0.127. The van der Waals surface area contributed by atoms with Crippen LogP contribution in [0.25, 0.3) is 0 Å². The maximum Gasteiger partial charge on any atom is 0.155 e. The van der Waals surface area contributed by atoms with E-state index in [1.165, 1.54) is 5.57 Å². The first-order valence-corrected chi connectivity index (χ1v) is 12.4. The molecule has 2 unspecified atom stereocenters. The smallest absolute Gasteiger partial charge is 0.155 e. The second-order valence-electron chi connectivity index (χ2n) is 8.45. The van der Waals surface area contributed by atoms with Crippen LogP contribution >= 0.6 is 21.6 Å². The molecule has 0 bridgehead atoms. The molecule has 4 aliphatic rings. The number of ketones is 2. The SMILES string of the molecule is CSSCC[C@]12CCC(=O)C=C1CCC1C2=CC[C@]2(C)C(=O)CCC12. The lowest BCUT2D eigenvalue weighted by Crippen LogP contribution is -2.45. The van der Waals surface area contributed by atoms with Crippen LogP contribution in [0, 0.1) is 22.7 Å². The lowest BCUT2D eigenvalue weighted by atomic mass is 9.50. The fourth-order valence-electron chi connectivity index (χ4n) is 6.19. The molecule has 0 aromatic rings. The zero-order valence-corrected chi connectivity index (χ0v) is 16.9. The summed E-state index contributed by atoms with van der Waals surface area (Å²) in [6.45, 7) is 2.21. The monoisotopic (exact) mass is 376 g/mol. The van der Waals surface area contributed by atoms with Crippen LogP contribution in [0.2, 0.25) is 0 Å². The Morgan fingerprint density at radius 1 is 1.20 bits per heavy atom. The van der Waals surface area contributed by atoms with Crippen molar-refractivity contribution in [2.24, 2.45) is 22.7 Å². The summed E-state index contributed by atoms with van der Waals surface area (Å²) < 4.78 is 0. The van der Waals surface area contributed by atoms with Crippen LogP contribution in [0.1, 0.15) is 58.3 Å². The number of Topliss-reactive ketones (excluding diaryl/α,β-unsaturated/α-hetero) is 1. The van der Waals surface area contributed by atoms with E-state index >= 15 is 0 Å². The van der Waals surface area contributed by atoms with Gasteiger partial charge in [0.25, 0.3) is 0 Å². The highest BCUT2D eigenvalue weighted by molar-refractivity contribution is 8.76. The van der Waals surface area contributed by atoms with E-state index in [4.69, 9.17) is 0 Å². The minimum Gasteiger partial charge on any atom is -0.299 e. The normalized spacial score (nSPS) is 40.1. The highest BCUT2D eigenvalue weighted by Gasteiger charge is 2.56.